The van der Waals surface area contributed by atoms with Gasteiger partial charge in [0.2, 0.25) is 0 Å². The predicted octanol–water partition coefficient (Wildman–Crippen LogP) is 2.34. The van der Waals surface area contributed by atoms with E-state index in [-0.39, 0.29) is 0 Å². The fourth-order valence-corrected chi connectivity index (χ4v) is 1.38. The summed E-state index contributed by atoms with van der Waals surface area (Å²) in [4.78, 5) is 0. The Morgan fingerprint density at radius 3 is 2.18 bits per heavy atom. The Morgan fingerprint density at radius 1 is 1.27 bits per heavy atom. The summed E-state index contributed by atoms with van der Waals surface area (Å²) in [6.45, 7) is 9.03. The molecule has 1 aliphatic heterocycles. The summed E-state index contributed by atoms with van der Waals surface area (Å²) in [7, 11) is 0. The first kappa shape index (κ1) is 8.79. The van der Waals surface area contributed by atoms with Crippen molar-refractivity contribution in [3.05, 3.63) is 12.2 Å². The molecular formula is C10H19N. The second-order valence-electron chi connectivity index (χ2n) is 4.41. The molecule has 1 heterocycles. The molecule has 0 aliphatic carbocycles. The van der Waals surface area contributed by atoms with Crippen LogP contribution in [0.3, 0.4) is 0 Å². The molecular weight excluding hydrogens is 134 g/mol. The van der Waals surface area contributed by atoms with E-state index in [0.717, 1.165) is 0 Å². The van der Waals surface area contributed by atoms with Gasteiger partial charge in [-0.15, -0.1) is 0 Å². The summed E-state index contributed by atoms with van der Waals surface area (Å²) in [6.07, 6.45) is 5.78. The summed E-state index contributed by atoms with van der Waals surface area (Å²) in [5.74, 6) is 0. The third-order valence-corrected chi connectivity index (χ3v) is 2.30. The van der Waals surface area contributed by atoms with Gasteiger partial charge in [0.1, 0.15) is 0 Å². The fraction of sp³-hybridized carbons (Fsp3) is 0.800. The van der Waals surface area contributed by atoms with Gasteiger partial charge in [0.05, 0.1) is 0 Å². The molecule has 0 amide bonds. The molecule has 1 rings (SSSR count). The lowest BCUT2D eigenvalue weighted by Gasteiger charge is -2.27. The average Bonchev–Trinajstić information content (AvgIpc) is 2.32. The van der Waals surface area contributed by atoms with Crippen molar-refractivity contribution in [2.75, 3.05) is 0 Å². The minimum atomic E-state index is 0.362. The maximum Gasteiger partial charge on any atom is 0.0304 e. The largest absolute Gasteiger partial charge is 0.304 e. The van der Waals surface area contributed by atoms with Crippen LogP contribution in [-0.4, -0.2) is 12.1 Å². The number of hydrogen-bond acceptors (Lipinski definition) is 1. The molecule has 0 radical (unpaired) electrons. The highest BCUT2D eigenvalue weighted by molar-refractivity contribution is 5.11. The standard InChI is InChI=1S/C10H19N/c1-5-8-6-7-9(11-8)10(2,3)4/h6-9,11H,5H2,1-4H3. The first-order valence-electron chi connectivity index (χ1n) is 4.48. The van der Waals surface area contributed by atoms with Crippen LogP contribution in [0.25, 0.3) is 0 Å². The number of nitrogens with one attached hydrogen (secondary N) is 1. The number of rotatable bonds is 1. The van der Waals surface area contributed by atoms with Crippen molar-refractivity contribution in [1.82, 2.24) is 5.32 Å². The highest BCUT2D eigenvalue weighted by Gasteiger charge is 2.26. The van der Waals surface area contributed by atoms with E-state index in [1.54, 1.807) is 0 Å². The second kappa shape index (κ2) is 2.98. The normalized spacial score (nSPS) is 31.3. The smallest absolute Gasteiger partial charge is 0.0304 e. The number of hydrogen-bond donors (Lipinski definition) is 1. The third-order valence-electron chi connectivity index (χ3n) is 2.30. The molecule has 0 saturated heterocycles. The van der Waals surface area contributed by atoms with Crippen LogP contribution in [0.5, 0.6) is 0 Å². The molecule has 1 nitrogen and oxygen atoms in total. The monoisotopic (exact) mass is 153 g/mol. The van der Waals surface area contributed by atoms with Crippen LogP contribution in [0.1, 0.15) is 34.1 Å². The van der Waals surface area contributed by atoms with E-state index >= 15 is 0 Å². The molecule has 2 unspecified atom stereocenters. The third kappa shape index (κ3) is 2.06. The SMILES string of the molecule is CCC1C=CC(C(C)(C)C)N1. The summed E-state index contributed by atoms with van der Waals surface area (Å²) >= 11 is 0. The summed E-state index contributed by atoms with van der Waals surface area (Å²) in [6, 6.07) is 1.17. The van der Waals surface area contributed by atoms with Crippen LogP contribution in [0, 0.1) is 5.41 Å². The van der Waals surface area contributed by atoms with Gasteiger partial charge < -0.3 is 5.32 Å². The summed E-state index contributed by atoms with van der Waals surface area (Å²) in [5, 5.41) is 3.57. The van der Waals surface area contributed by atoms with Crippen LogP contribution in [0.15, 0.2) is 12.2 Å². The average molecular weight is 153 g/mol. The Labute approximate surface area is 69.9 Å². The molecule has 0 bridgehead atoms. The summed E-state index contributed by atoms with van der Waals surface area (Å²) < 4.78 is 0. The molecule has 0 aromatic heterocycles. The Balaban J connectivity index is 2.50. The van der Waals surface area contributed by atoms with E-state index in [4.69, 9.17) is 0 Å². The van der Waals surface area contributed by atoms with Crippen molar-refractivity contribution in [3.8, 4) is 0 Å². The first-order chi connectivity index (χ1) is 5.04. The van der Waals surface area contributed by atoms with E-state index in [2.05, 4.69) is 45.2 Å². The van der Waals surface area contributed by atoms with Crippen molar-refractivity contribution < 1.29 is 0 Å². The zero-order chi connectivity index (χ0) is 8.48. The molecule has 0 aromatic carbocycles. The Hall–Kier alpha value is -0.300. The van der Waals surface area contributed by atoms with Gasteiger partial charge in [0, 0.05) is 12.1 Å². The van der Waals surface area contributed by atoms with Crippen molar-refractivity contribution in [2.24, 2.45) is 5.41 Å². The minimum absolute atomic E-state index is 0.362. The first-order valence-corrected chi connectivity index (χ1v) is 4.48. The van der Waals surface area contributed by atoms with E-state index in [0.29, 0.717) is 17.5 Å². The van der Waals surface area contributed by atoms with E-state index in [9.17, 15) is 0 Å². The van der Waals surface area contributed by atoms with Gasteiger partial charge in [-0.05, 0) is 11.8 Å². The Morgan fingerprint density at radius 2 is 1.91 bits per heavy atom. The van der Waals surface area contributed by atoms with E-state index in [1.807, 2.05) is 0 Å². The van der Waals surface area contributed by atoms with E-state index in [1.165, 1.54) is 6.42 Å². The molecule has 0 saturated carbocycles. The Bertz CT molecular complexity index is 153. The molecule has 1 N–H and O–H groups in total. The topological polar surface area (TPSA) is 12.0 Å². The molecule has 1 heteroatoms. The van der Waals surface area contributed by atoms with Gasteiger partial charge in [-0.25, -0.2) is 0 Å². The Kier molecular flexibility index (Phi) is 2.38. The lowest BCUT2D eigenvalue weighted by atomic mass is 9.88. The maximum absolute atomic E-state index is 3.57. The lowest BCUT2D eigenvalue weighted by Crippen LogP contribution is -2.39. The van der Waals surface area contributed by atoms with Gasteiger partial charge in [0.25, 0.3) is 0 Å². The highest BCUT2D eigenvalue weighted by Crippen LogP contribution is 2.24. The second-order valence-corrected chi connectivity index (χ2v) is 4.41. The van der Waals surface area contributed by atoms with Gasteiger partial charge in [-0.2, -0.15) is 0 Å². The lowest BCUT2D eigenvalue weighted by molar-refractivity contribution is 0.314. The van der Waals surface area contributed by atoms with Crippen molar-refractivity contribution in [2.45, 2.75) is 46.2 Å². The van der Waals surface area contributed by atoms with Gasteiger partial charge in [-0.1, -0.05) is 39.8 Å². The predicted molar refractivity (Wildman–Crippen MR) is 49.6 cm³/mol. The summed E-state index contributed by atoms with van der Waals surface area (Å²) in [5.41, 5.74) is 0.362. The van der Waals surface area contributed by atoms with Gasteiger partial charge in [-0.3, -0.25) is 0 Å². The molecule has 0 spiro atoms. The molecule has 0 fully saturated rings. The fourth-order valence-electron chi connectivity index (χ4n) is 1.38. The van der Waals surface area contributed by atoms with E-state index < -0.39 is 0 Å². The minimum Gasteiger partial charge on any atom is -0.304 e. The zero-order valence-electron chi connectivity index (χ0n) is 8.02. The zero-order valence-corrected chi connectivity index (χ0v) is 8.02. The van der Waals surface area contributed by atoms with Crippen LogP contribution in [0.4, 0.5) is 0 Å². The van der Waals surface area contributed by atoms with Crippen LogP contribution in [-0.2, 0) is 0 Å². The quantitative estimate of drug-likeness (QED) is 0.570. The van der Waals surface area contributed by atoms with Crippen molar-refractivity contribution in [3.63, 3.8) is 0 Å². The molecule has 1 aliphatic rings. The molecule has 2 atom stereocenters. The van der Waals surface area contributed by atoms with Crippen molar-refractivity contribution in [1.29, 1.82) is 0 Å². The highest BCUT2D eigenvalue weighted by atomic mass is 15.0. The van der Waals surface area contributed by atoms with Crippen molar-refractivity contribution >= 4 is 0 Å². The van der Waals surface area contributed by atoms with Gasteiger partial charge >= 0.3 is 0 Å². The maximum atomic E-state index is 3.57. The van der Waals surface area contributed by atoms with Crippen LogP contribution in [0.2, 0.25) is 0 Å². The molecule has 11 heavy (non-hydrogen) atoms. The molecule has 64 valence electrons. The van der Waals surface area contributed by atoms with Crippen LogP contribution < -0.4 is 5.32 Å². The van der Waals surface area contributed by atoms with Gasteiger partial charge in [0.15, 0.2) is 0 Å². The molecule has 0 aromatic rings. The van der Waals surface area contributed by atoms with Crippen LogP contribution >= 0.6 is 0 Å².